The summed E-state index contributed by atoms with van der Waals surface area (Å²) in [4.78, 5) is 39.0. The monoisotopic (exact) mass is 711 g/mol. The molecule has 1 rings (SSSR count). The van der Waals surface area contributed by atoms with E-state index in [1.807, 2.05) is 0 Å². The Hall–Kier alpha value is -1.67. The van der Waals surface area contributed by atoms with Crippen molar-refractivity contribution < 1.29 is 38.1 Å². The van der Waals surface area contributed by atoms with Crippen LogP contribution in [0.1, 0.15) is 213 Å². The van der Waals surface area contributed by atoms with Crippen LogP contribution in [-0.2, 0) is 38.1 Å². The van der Waals surface area contributed by atoms with Crippen LogP contribution in [-0.4, -0.2) is 56.2 Å². The van der Waals surface area contributed by atoms with E-state index >= 15 is 0 Å². The van der Waals surface area contributed by atoms with Crippen LogP contribution in [0.25, 0.3) is 0 Å². The van der Waals surface area contributed by atoms with Gasteiger partial charge in [0, 0.05) is 26.4 Å². The van der Waals surface area contributed by atoms with Gasteiger partial charge in [0.2, 0.25) is 0 Å². The summed E-state index contributed by atoms with van der Waals surface area (Å²) >= 11 is 0. The van der Waals surface area contributed by atoms with Gasteiger partial charge >= 0.3 is 17.9 Å². The molecule has 1 aliphatic rings. The molecule has 8 nitrogen and oxygen atoms in total. The molecule has 0 radical (unpaired) electrons. The molecule has 8 heteroatoms. The van der Waals surface area contributed by atoms with E-state index in [-0.39, 0.29) is 37.4 Å². The minimum atomic E-state index is -1.02. The molecule has 0 saturated carbocycles. The maximum Gasteiger partial charge on any atom is 0.306 e. The lowest BCUT2D eigenvalue weighted by molar-refractivity contribution is -0.275. The zero-order valence-corrected chi connectivity index (χ0v) is 33.0. The maximum atomic E-state index is 13.1. The third kappa shape index (κ3) is 24.5. The molecule has 0 spiro atoms. The molecule has 0 aromatic heterocycles. The molecule has 1 saturated heterocycles. The highest BCUT2D eigenvalue weighted by Crippen LogP contribution is 2.27. The van der Waals surface area contributed by atoms with Crippen LogP contribution < -0.4 is 0 Å². The van der Waals surface area contributed by atoms with Gasteiger partial charge < -0.3 is 23.7 Å². The summed E-state index contributed by atoms with van der Waals surface area (Å²) < 4.78 is 29.1. The fraction of sp³-hybridized carbons (Fsp3) is 0.929. The topological polar surface area (TPSA) is 97.4 Å². The van der Waals surface area contributed by atoms with Gasteiger partial charge in [-0.3, -0.25) is 14.4 Å². The molecule has 0 aromatic rings. The summed E-state index contributed by atoms with van der Waals surface area (Å²) in [6.07, 6.45) is 28.1. The second-order valence-corrected chi connectivity index (χ2v) is 14.6. The van der Waals surface area contributed by atoms with E-state index in [9.17, 15) is 14.4 Å². The van der Waals surface area contributed by atoms with Gasteiger partial charge in [-0.1, -0.05) is 175 Å². The average Bonchev–Trinajstić information content (AvgIpc) is 3.10. The van der Waals surface area contributed by atoms with Crippen molar-refractivity contribution in [2.45, 2.75) is 238 Å². The standard InChI is InChI=1S/C42H78O8/c1-5-8-11-14-17-20-23-26-29-32-37(43)48-36-35-47-42(46-4)41(50-39(45)34-31-28-25-22-19-16-13-10-7-3)40(36)49-38(44)33-30-27-24-21-18-15-12-9-6-2/h36,40-42H,5-35H2,1-4H3/t36-,40-,41+,42-/m0/s1. The smallest absolute Gasteiger partial charge is 0.306 e. The third-order valence-corrected chi connectivity index (χ3v) is 9.89. The Morgan fingerprint density at radius 1 is 0.440 bits per heavy atom. The second-order valence-electron chi connectivity index (χ2n) is 14.6. The molecular weight excluding hydrogens is 632 g/mol. The molecule has 294 valence electrons. The van der Waals surface area contributed by atoms with E-state index in [0.29, 0.717) is 6.42 Å². The largest absolute Gasteiger partial charge is 0.456 e. The molecule has 1 heterocycles. The highest BCUT2D eigenvalue weighted by Gasteiger charge is 2.47. The third-order valence-electron chi connectivity index (χ3n) is 9.89. The summed E-state index contributed by atoms with van der Waals surface area (Å²) in [5, 5.41) is 0. The summed E-state index contributed by atoms with van der Waals surface area (Å²) in [6.45, 7) is 6.69. The van der Waals surface area contributed by atoms with Gasteiger partial charge in [0.05, 0.1) is 6.61 Å². The van der Waals surface area contributed by atoms with Gasteiger partial charge in [0.25, 0.3) is 0 Å². The van der Waals surface area contributed by atoms with Crippen LogP contribution in [0, 0.1) is 0 Å². The number of hydrogen-bond donors (Lipinski definition) is 0. The quantitative estimate of drug-likeness (QED) is 0.0370. The van der Waals surface area contributed by atoms with Crippen LogP contribution >= 0.6 is 0 Å². The van der Waals surface area contributed by atoms with E-state index in [0.717, 1.165) is 57.8 Å². The number of ether oxygens (including phenoxy) is 5. The first kappa shape index (κ1) is 46.4. The van der Waals surface area contributed by atoms with E-state index < -0.39 is 24.6 Å². The lowest BCUT2D eigenvalue weighted by Crippen LogP contribution is -2.58. The molecular formula is C42H78O8. The highest BCUT2D eigenvalue weighted by molar-refractivity contribution is 5.71. The SMILES string of the molecule is CCCCCCCCCCCC(=O)O[C@@H]1[C@@H](OC(=O)CCCCCCCCCCC)[C@@H](OC)OC[C@@H]1OC(=O)CCCCCCCCCCC. The molecule has 0 amide bonds. The molecule has 1 fully saturated rings. The van der Waals surface area contributed by atoms with E-state index in [1.165, 1.54) is 123 Å². The Labute approximate surface area is 307 Å². The number of carbonyl (C=O) groups excluding carboxylic acids is 3. The Morgan fingerprint density at radius 3 is 1.08 bits per heavy atom. The fourth-order valence-corrected chi connectivity index (χ4v) is 6.70. The highest BCUT2D eigenvalue weighted by atomic mass is 16.7. The molecule has 0 unspecified atom stereocenters. The van der Waals surface area contributed by atoms with Crippen molar-refractivity contribution in [2.24, 2.45) is 0 Å². The van der Waals surface area contributed by atoms with Gasteiger partial charge in [-0.05, 0) is 19.3 Å². The van der Waals surface area contributed by atoms with Gasteiger partial charge in [-0.25, -0.2) is 0 Å². The molecule has 4 atom stereocenters. The summed E-state index contributed by atoms with van der Waals surface area (Å²) in [6, 6.07) is 0. The minimum absolute atomic E-state index is 0.00426. The fourth-order valence-electron chi connectivity index (χ4n) is 6.70. The van der Waals surface area contributed by atoms with Gasteiger partial charge in [0.1, 0.15) is 0 Å². The molecule has 1 aliphatic heterocycles. The maximum absolute atomic E-state index is 13.1. The molecule has 0 aliphatic carbocycles. The van der Waals surface area contributed by atoms with Crippen LogP contribution in [0.5, 0.6) is 0 Å². The number of carbonyl (C=O) groups is 3. The van der Waals surface area contributed by atoms with Gasteiger partial charge in [-0.15, -0.1) is 0 Å². The van der Waals surface area contributed by atoms with Gasteiger partial charge in [0.15, 0.2) is 24.6 Å². The van der Waals surface area contributed by atoms with Crippen LogP contribution in [0.3, 0.4) is 0 Å². The molecule has 0 bridgehead atoms. The first-order valence-corrected chi connectivity index (χ1v) is 21.2. The van der Waals surface area contributed by atoms with E-state index in [2.05, 4.69) is 20.8 Å². The number of methoxy groups -OCH3 is 1. The van der Waals surface area contributed by atoms with Crippen molar-refractivity contribution in [1.29, 1.82) is 0 Å². The number of unbranched alkanes of at least 4 members (excludes halogenated alkanes) is 24. The van der Waals surface area contributed by atoms with Crippen molar-refractivity contribution in [2.75, 3.05) is 13.7 Å². The zero-order valence-electron chi connectivity index (χ0n) is 33.0. The Balaban J connectivity index is 2.67. The van der Waals surface area contributed by atoms with Crippen molar-refractivity contribution in [3.8, 4) is 0 Å². The number of hydrogen-bond acceptors (Lipinski definition) is 8. The minimum Gasteiger partial charge on any atom is -0.456 e. The van der Waals surface area contributed by atoms with E-state index in [4.69, 9.17) is 23.7 Å². The van der Waals surface area contributed by atoms with Crippen molar-refractivity contribution in [3.05, 3.63) is 0 Å². The Morgan fingerprint density at radius 2 is 0.740 bits per heavy atom. The normalized spacial score (nSPS) is 19.0. The lowest BCUT2D eigenvalue weighted by atomic mass is 10.0. The van der Waals surface area contributed by atoms with Crippen molar-refractivity contribution >= 4 is 17.9 Å². The van der Waals surface area contributed by atoms with Crippen molar-refractivity contribution in [3.63, 3.8) is 0 Å². The predicted molar refractivity (Wildman–Crippen MR) is 202 cm³/mol. The summed E-state index contributed by atoms with van der Waals surface area (Å²) in [5.41, 5.74) is 0. The number of esters is 3. The Bertz CT molecular complexity index is 818. The predicted octanol–water partition coefficient (Wildman–Crippen LogP) is 11.5. The zero-order chi connectivity index (χ0) is 36.5. The average molecular weight is 711 g/mol. The Kier molecular flexibility index (Phi) is 30.8. The van der Waals surface area contributed by atoms with Crippen LogP contribution in [0.15, 0.2) is 0 Å². The lowest BCUT2D eigenvalue weighted by Gasteiger charge is -2.40. The molecule has 0 N–H and O–H groups in total. The molecule has 0 aromatic carbocycles. The second kappa shape index (κ2) is 33.2. The van der Waals surface area contributed by atoms with Crippen LogP contribution in [0.2, 0.25) is 0 Å². The summed E-state index contributed by atoms with van der Waals surface area (Å²) in [7, 11) is 1.48. The van der Waals surface area contributed by atoms with Crippen LogP contribution in [0.4, 0.5) is 0 Å². The number of rotatable bonds is 34. The summed E-state index contributed by atoms with van der Waals surface area (Å²) in [5.74, 6) is -1.11. The van der Waals surface area contributed by atoms with Crippen molar-refractivity contribution in [1.82, 2.24) is 0 Å². The molecule has 50 heavy (non-hydrogen) atoms. The van der Waals surface area contributed by atoms with Gasteiger partial charge in [-0.2, -0.15) is 0 Å². The first-order chi connectivity index (χ1) is 24.5. The first-order valence-electron chi connectivity index (χ1n) is 21.2. The van der Waals surface area contributed by atoms with E-state index in [1.54, 1.807) is 0 Å².